The molecule has 1 saturated carbocycles. The number of hydrogen-bond acceptors (Lipinski definition) is 3. The Bertz CT molecular complexity index is 511. The molecule has 120 valence electrons. The Morgan fingerprint density at radius 1 is 1.23 bits per heavy atom. The number of likely N-dealkylation sites (N-methyl/N-ethyl adjacent to an activating group) is 1. The maximum atomic E-state index is 12.7. The Morgan fingerprint density at radius 2 is 1.91 bits per heavy atom. The van der Waals surface area contributed by atoms with Gasteiger partial charge in [-0.15, -0.1) is 0 Å². The van der Waals surface area contributed by atoms with Gasteiger partial charge in [0.15, 0.2) is 0 Å². The zero-order valence-electron chi connectivity index (χ0n) is 13.4. The molecule has 22 heavy (non-hydrogen) atoms. The minimum absolute atomic E-state index is 0.0788. The van der Waals surface area contributed by atoms with Gasteiger partial charge in [-0.25, -0.2) is 0 Å². The summed E-state index contributed by atoms with van der Waals surface area (Å²) in [6.07, 6.45) is 5.24. The molecule has 1 aromatic carbocycles. The Hall–Kier alpha value is -1.55. The quantitative estimate of drug-likeness (QED) is 0.932. The molecule has 1 aliphatic carbocycles. The number of anilines is 1. The summed E-state index contributed by atoms with van der Waals surface area (Å²) in [4.78, 5) is 16.8. The summed E-state index contributed by atoms with van der Waals surface area (Å²) >= 11 is 0. The number of nitrogens with zero attached hydrogens (tertiary/aromatic N) is 2. The van der Waals surface area contributed by atoms with E-state index in [1.807, 2.05) is 13.1 Å². The highest BCUT2D eigenvalue weighted by Gasteiger charge is 2.42. The minimum atomic E-state index is -1.11. The zero-order chi connectivity index (χ0) is 15.6. The van der Waals surface area contributed by atoms with Crippen LogP contribution in [0.3, 0.4) is 0 Å². The normalized spacial score (nSPS) is 24.3. The van der Waals surface area contributed by atoms with Crippen molar-refractivity contribution in [1.29, 1.82) is 0 Å². The lowest BCUT2D eigenvalue weighted by atomic mass is 9.97. The van der Waals surface area contributed by atoms with E-state index < -0.39 is 5.60 Å². The van der Waals surface area contributed by atoms with Crippen LogP contribution in [0.2, 0.25) is 0 Å². The van der Waals surface area contributed by atoms with Crippen molar-refractivity contribution in [2.45, 2.75) is 50.2 Å². The lowest BCUT2D eigenvalue weighted by Crippen LogP contribution is -2.54. The molecular formula is C18H26N2O2. The SMILES string of the molecule is CN(C(=O)C1(O)CCCC1)C1CCCN(c2ccccc2)C1. The van der Waals surface area contributed by atoms with E-state index in [1.54, 1.807) is 4.90 Å². The van der Waals surface area contributed by atoms with Crippen molar-refractivity contribution in [3.05, 3.63) is 30.3 Å². The van der Waals surface area contributed by atoms with E-state index in [0.29, 0.717) is 12.8 Å². The molecule has 2 aliphatic rings. The van der Waals surface area contributed by atoms with E-state index in [-0.39, 0.29) is 11.9 Å². The fraction of sp³-hybridized carbons (Fsp3) is 0.611. The maximum Gasteiger partial charge on any atom is 0.254 e. The van der Waals surface area contributed by atoms with Gasteiger partial charge in [0.05, 0.1) is 0 Å². The van der Waals surface area contributed by atoms with Gasteiger partial charge in [-0.3, -0.25) is 4.79 Å². The first-order valence-corrected chi connectivity index (χ1v) is 8.40. The van der Waals surface area contributed by atoms with Crippen LogP contribution in [0.4, 0.5) is 5.69 Å². The maximum absolute atomic E-state index is 12.7. The van der Waals surface area contributed by atoms with Gasteiger partial charge in [0.1, 0.15) is 5.60 Å². The number of benzene rings is 1. The fourth-order valence-electron chi connectivity index (χ4n) is 3.81. The summed E-state index contributed by atoms with van der Waals surface area (Å²) < 4.78 is 0. The van der Waals surface area contributed by atoms with Gasteiger partial charge in [0.25, 0.3) is 5.91 Å². The van der Waals surface area contributed by atoms with Crippen LogP contribution in [0, 0.1) is 0 Å². The number of para-hydroxylation sites is 1. The van der Waals surface area contributed by atoms with Gasteiger partial charge in [0.2, 0.25) is 0 Å². The summed E-state index contributed by atoms with van der Waals surface area (Å²) in [5, 5.41) is 10.5. The molecule has 1 N–H and O–H groups in total. The Morgan fingerprint density at radius 3 is 2.59 bits per heavy atom. The van der Waals surface area contributed by atoms with Crippen LogP contribution in [-0.4, -0.2) is 47.7 Å². The number of hydrogen-bond donors (Lipinski definition) is 1. The molecular weight excluding hydrogens is 276 g/mol. The Labute approximate surface area is 132 Å². The van der Waals surface area contributed by atoms with Gasteiger partial charge in [-0.1, -0.05) is 18.2 Å². The minimum Gasteiger partial charge on any atom is -0.380 e. The molecule has 4 heteroatoms. The molecule has 1 atom stereocenters. The monoisotopic (exact) mass is 302 g/mol. The van der Waals surface area contributed by atoms with Crippen molar-refractivity contribution < 1.29 is 9.90 Å². The predicted molar refractivity (Wildman–Crippen MR) is 87.9 cm³/mol. The van der Waals surface area contributed by atoms with E-state index >= 15 is 0 Å². The molecule has 1 amide bonds. The summed E-state index contributed by atoms with van der Waals surface area (Å²) in [6, 6.07) is 10.6. The van der Waals surface area contributed by atoms with Crippen molar-refractivity contribution in [3.8, 4) is 0 Å². The number of piperidine rings is 1. The van der Waals surface area contributed by atoms with Crippen molar-refractivity contribution >= 4 is 11.6 Å². The standard InChI is InChI=1S/C18H26N2O2/c1-19(17(21)18(22)11-5-6-12-18)16-10-7-13-20(14-16)15-8-3-2-4-9-15/h2-4,8-9,16,22H,5-7,10-14H2,1H3. The highest BCUT2D eigenvalue weighted by atomic mass is 16.3. The molecule has 1 aliphatic heterocycles. The second-order valence-electron chi connectivity index (χ2n) is 6.73. The van der Waals surface area contributed by atoms with Crippen molar-refractivity contribution in [2.24, 2.45) is 0 Å². The fourth-order valence-corrected chi connectivity index (χ4v) is 3.81. The van der Waals surface area contributed by atoms with Crippen LogP contribution >= 0.6 is 0 Å². The van der Waals surface area contributed by atoms with E-state index in [9.17, 15) is 9.90 Å². The number of carbonyl (C=O) groups is 1. The Balaban J connectivity index is 1.67. The molecule has 1 heterocycles. The van der Waals surface area contributed by atoms with Gasteiger partial charge in [0, 0.05) is 31.9 Å². The highest BCUT2D eigenvalue weighted by Crippen LogP contribution is 2.32. The second kappa shape index (κ2) is 6.29. The molecule has 1 saturated heterocycles. The number of amides is 1. The van der Waals surface area contributed by atoms with Crippen molar-refractivity contribution in [2.75, 3.05) is 25.0 Å². The Kier molecular flexibility index (Phi) is 4.39. The first-order valence-electron chi connectivity index (χ1n) is 8.40. The second-order valence-corrected chi connectivity index (χ2v) is 6.73. The van der Waals surface area contributed by atoms with Gasteiger partial charge in [-0.05, 0) is 50.7 Å². The molecule has 1 unspecified atom stereocenters. The van der Waals surface area contributed by atoms with Crippen LogP contribution in [0.25, 0.3) is 0 Å². The van der Waals surface area contributed by atoms with E-state index in [2.05, 4.69) is 29.2 Å². The summed E-state index contributed by atoms with van der Waals surface area (Å²) in [5.41, 5.74) is 0.108. The molecule has 2 fully saturated rings. The largest absolute Gasteiger partial charge is 0.380 e. The van der Waals surface area contributed by atoms with Crippen LogP contribution in [0.5, 0.6) is 0 Å². The van der Waals surface area contributed by atoms with Crippen molar-refractivity contribution in [1.82, 2.24) is 4.90 Å². The summed E-state index contributed by atoms with van der Waals surface area (Å²) in [6.45, 7) is 1.88. The van der Waals surface area contributed by atoms with Crippen LogP contribution in [0.1, 0.15) is 38.5 Å². The highest BCUT2D eigenvalue weighted by molar-refractivity contribution is 5.85. The molecule has 0 bridgehead atoms. The van der Waals surface area contributed by atoms with Gasteiger partial charge < -0.3 is 14.9 Å². The van der Waals surface area contributed by atoms with Crippen LogP contribution in [0.15, 0.2) is 30.3 Å². The van der Waals surface area contributed by atoms with Gasteiger partial charge in [-0.2, -0.15) is 0 Å². The van der Waals surface area contributed by atoms with Gasteiger partial charge >= 0.3 is 0 Å². The first kappa shape index (κ1) is 15.3. The third-order valence-corrected chi connectivity index (χ3v) is 5.21. The van der Waals surface area contributed by atoms with Crippen LogP contribution in [-0.2, 0) is 4.79 Å². The lowest BCUT2D eigenvalue weighted by Gasteiger charge is -2.40. The first-order chi connectivity index (χ1) is 10.6. The third-order valence-electron chi connectivity index (χ3n) is 5.21. The number of aliphatic hydroxyl groups is 1. The average Bonchev–Trinajstić information content (AvgIpc) is 3.02. The summed E-state index contributed by atoms with van der Waals surface area (Å²) in [7, 11) is 1.86. The molecule has 0 radical (unpaired) electrons. The third kappa shape index (κ3) is 2.98. The predicted octanol–water partition coefficient (Wildman–Crippen LogP) is 2.42. The molecule has 1 aromatic rings. The molecule has 0 spiro atoms. The molecule has 3 rings (SSSR count). The van der Waals surface area contributed by atoms with Crippen LogP contribution < -0.4 is 4.90 Å². The number of rotatable bonds is 3. The van der Waals surface area contributed by atoms with Crippen molar-refractivity contribution in [3.63, 3.8) is 0 Å². The van der Waals surface area contributed by atoms with E-state index in [1.165, 1.54) is 5.69 Å². The summed E-state index contributed by atoms with van der Waals surface area (Å²) in [5.74, 6) is -0.0788. The number of carbonyl (C=O) groups excluding carboxylic acids is 1. The van der Waals surface area contributed by atoms with E-state index in [4.69, 9.17) is 0 Å². The smallest absolute Gasteiger partial charge is 0.254 e. The average molecular weight is 302 g/mol. The zero-order valence-corrected chi connectivity index (χ0v) is 13.4. The lowest BCUT2D eigenvalue weighted by molar-refractivity contribution is -0.151. The topological polar surface area (TPSA) is 43.8 Å². The van der Waals surface area contributed by atoms with E-state index in [0.717, 1.165) is 38.8 Å². The molecule has 0 aromatic heterocycles. The molecule has 4 nitrogen and oxygen atoms in total.